The molecule has 0 aliphatic carbocycles. The third-order valence-electron chi connectivity index (χ3n) is 2.87. The first-order valence-corrected chi connectivity index (χ1v) is 4.39. The summed E-state index contributed by atoms with van der Waals surface area (Å²) in [5, 5.41) is 18.8. The van der Waals surface area contributed by atoms with Crippen LogP contribution in [0.5, 0.6) is 0 Å². The predicted octanol–water partition coefficient (Wildman–Crippen LogP) is -0.424. The monoisotopic (exact) mass is 157 g/mol. The summed E-state index contributed by atoms with van der Waals surface area (Å²) in [6, 6.07) is 0.249. The maximum atomic E-state index is 9.50. The first-order valence-electron chi connectivity index (χ1n) is 4.39. The van der Waals surface area contributed by atoms with Crippen LogP contribution in [-0.4, -0.2) is 46.5 Å². The van der Waals surface area contributed by atoms with Crippen LogP contribution in [0.25, 0.3) is 0 Å². The summed E-state index contributed by atoms with van der Waals surface area (Å²) in [6.07, 6.45) is 2.48. The van der Waals surface area contributed by atoms with Gasteiger partial charge in [-0.15, -0.1) is 0 Å². The normalized spacial score (nSPS) is 45.8. The van der Waals surface area contributed by atoms with E-state index in [0.29, 0.717) is 6.54 Å². The smallest absolute Gasteiger partial charge is 0.0966 e. The van der Waals surface area contributed by atoms with Crippen LogP contribution in [0.4, 0.5) is 0 Å². The lowest BCUT2D eigenvalue weighted by Gasteiger charge is -2.29. The molecule has 0 unspecified atom stereocenters. The lowest BCUT2D eigenvalue weighted by atomic mass is 10.0. The minimum absolute atomic E-state index is 0.249. The maximum Gasteiger partial charge on any atom is 0.0966 e. The van der Waals surface area contributed by atoms with Crippen molar-refractivity contribution in [2.24, 2.45) is 0 Å². The summed E-state index contributed by atoms with van der Waals surface area (Å²) in [5.74, 6) is 0. The van der Waals surface area contributed by atoms with Crippen LogP contribution in [0.15, 0.2) is 0 Å². The Balaban J connectivity index is 2.05. The van der Waals surface area contributed by atoms with E-state index in [4.69, 9.17) is 0 Å². The van der Waals surface area contributed by atoms with Crippen LogP contribution in [0, 0.1) is 0 Å². The summed E-state index contributed by atoms with van der Waals surface area (Å²) in [4.78, 5) is 2.21. The van der Waals surface area contributed by atoms with Gasteiger partial charge in [-0.3, -0.25) is 4.90 Å². The van der Waals surface area contributed by atoms with E-state index in [1.807, 2.05) is 0 Å². The van der Waals surface area contributed by atoms with Gasteiger partial charge < -0.3 is 10.2 Å². The number of aliphatic hydroxyl groups excluding tert-OH is 2. The summed E-state index contributed by atoms with van der Waals surface area (Å²) in [7, 11) is 0. The Morgan fingerprint density at radius 2 is 2.00 bits per heavy atom. The Morgan fingerprint density at radius 1 is 1.18 bits per heavy atom. The highest BCUT2D eigenvalue weighted by Crippen LogP contribution is 2.26. The van der Waals surface area contributed by atoms with E-state index >= 15 is 0 Å². The van der Waals surface area contributed by atoms with E-state index in [-0.39, 0.29) is 6.04 Å². The van der Waals surface area contributed by atoms with Crippen LogP contribution in [0.3, 0.4) is 0 Å². The van der Waals surface area contributed by atoms with E-state index in [1.165, 1.54) is 12.8 Å². The first-order chi connectivity index (χ1) is 5.29. The van der Waals surface area contributed by atoms with Crippen molar-refractivity contribution in [2.75, 3.05) is 13.1 Å². The van der Waals surface area contributed by atoms with Gasteiger partial charge in [0.1, 0.15) is 0 Å². The van der Waals surface area contributed by atoms with Gasteiger partial charge in [0.25, 0.3) is 0 Å². The molecule has 11 heavy (non-hydrogen) atoms. The van der Waals surface area contributed by atoms with Gasteiger partial charge in [-0.2, -0.15) is 0 Å². The summed E-state index contributed by atoms with van der Waals surface area (Å²) in [6.45, 7) is 1.73. The number of fused-ring (bicyclic) bond motifs is 1. The van der Waals surface area contributed by atoms with Crippen molar-refractivity contribution >= 4 is 0 Å². The molecule has 0 aromatic heterocycles. The first kappa shape index (κ1) is 7.53. The van der Waals surface area contributed by atoms with Crippen molar-refractivity contribution < 1.29 is 10.2 Å². The molecule has 3 heteroatoms. The largest absolute Gasteiger partial charge is 0.389 e. The van der Waals surface area contributed by atoms with Gasteiger partial charge in [0.05, 0.1) is 12.2 Å². The van der Waals surface area contributed by atoms with Gasteiger partial charge in [-0.1, -0.05) is 6.42 Å². The molecular formula is C8H15NO2. The van der Waals surface area contributed by atoms with Crippen molar-refractivity contribution in [1.82, 2.24) is 4.90 Å². The average molecular weight is 157 g/mol. The fourth-order valence-electron chi connectivity index (χ4n) is 2.23. The Bertz CT molecular complexity index is 151. The molecular weight excluding hydrogens is 142 g/mol. The molecule has 64 valence electrons. The van der Waals surface area contributed by atoms with E-state index in [2.05, 4.69) is 4.90 Å². The van der Waals surface area contributed by atoms with Crippen LogP contribution in [0.1, 0.15) is 19.3 Å². The molecule has 3 atom stereocenters. The molecule has 2 saturated heterocycles. The second-order valence-electron chi connectivity index (χ2n) is 3.62. The molecule has 0 radical (unpaired) electrons. The Hall–Kier alpha value is -0.120. The zero-order valence-electron chi connectivity index (χ0n) is 6.61. The van der Waals surface area contributed by atoms with Gasteiger partial charge in [0.15, 0.2) is 0 Å². The maximum absolute atomic E-state index is 9.50. The minimum Gasteiger partial charge on any atom is -0.389 e. The minimum atomic E-state index is -0.502. The zero-order valence-corrected chi connectivity index (χ0v) is 6.61. The quantitative estimate of drug-likeness (QED) is 0.502. The number of hydrogen-bond donors (Lipinski definition) is 2. The Morgan fingerprint density at radius 3 is 2.73 bits per heavy atom. The number of piperidine rings is 1. The SMILES string of the molecule is O[C@H]1[C@H]2CCCCN2C[C@@H]1O. The lowest BCUT2D eigenvalue weighted by molar-refractivity contribution is 0.0318. The van der Waals surface area contributed by atoms with Gasteiger partial charge in [0.2, 0.25) is 0 Å². The van der Waals surface area contributed by atoms with E-state index in [1.54, 1.807) is 0 Å². The van der Waals surface area contributed by atoms with Crippen LogP contribution < -0.4 is 0 Å². The number of aliphatic hydroxyl groups is 2. The van der Waals surface area contributed by atoms with Crippen LogP contribution >= 0.6 is 0 Å². The van der Waals surface area contributed by atoms with Crippen LogP contribution in [0.2, 0.25) is 0 Å². The highest BCUT2D eigenvalue weighted by Gasteiger charge is 2.40. The predicted molar refractivity (Wildman–Crippen MR) is 41.2 cm³/mol. The Kier molecular flexibility index (Phi) is 1.87. The lowest BCUT2D eigenvalue weighted by Crippen LogP contribution is -2.39. The standard InChI is InChI=1S/C8H15NO2/c10-7-5-9-4-2-1-3-6(9)8(7)11/h6-8,10-11H,1-5H2/t6-,7+,8+/m1/s1. The average Bonchev–Trinajstić information content (AvgIpc) is 2.30. The van der Waals surface area contributed by atoms with Crippen molar-refractivity contribution in [1.29, 1.82) is 0 Å². The Labute approximate surface area is 66.6 Å². The van der Waals surface area contributed by atoms with E-state index in [9.17, 15) is 10.2 Å². The second-order valence-corrected chi connectivity index (χ2v) is 3.62. The molecule has 0 aromatic carbocycles. The molecule has 2 heterocycles. The second kappa shape index (κ2) is 2.73. The van der Waals surface area contributed by atoms with Gasteiger partial charge in [-0.05, 0) is 19.4 Å². The third-order valence-corrected chi connectivity index (χ3v) is 2.87. The fraction of sp³-hybridized carbons (Fsp3) is 1.00. The fourth-order valence-corrected chi connectivity index (χ4v) is 2.23. The molecule has 0 amide bonds. The molecule has 0 aromatic rings. The van der Waals surface area contributed by atoms with Gasteiger partial charge in [0, 0.05) is 12.6 Å². The van der Waals surface area contributed by atoms with Gasteiger partial charge >= 0.3 is 0 Å². The number of nitrogens with zero attached hydrogens (tertiary/aromatic N) is 1. The number of hydrogen-bond acceptors (Lipinski definition) is 3. The topological polar surface area (TPSA) is 43.7 Å². The zero-order chi connectivity index (χ0) is 7.84. The molecule has 3 nitrogen and oxygen atoms in total. The van der Waals surface area contributed by atoms with E-state index < -0.39 is 12.2 Å². The molecule has 0 spiro atoms. The van der Waals surface area contributed by atoms with Crippen molar-refractivity contribution in [3.8, 4) is 0 Å². The summed E-state index contributed by atoms with van der Waals surface area (Å²) in [5.41, 5.74) is 0. The molecule has 2 rings (SSSR count). The molecule has 0 bridgehead atoms. The van der Waals surface area contributed by atoms with Gasteiger partial charge in [-0.25, -0.2) is 0 Å². The van der Waals surface area contributed by atoms with E-state index in [0.717, 1.165) is 13.0 Å². The molecule has 2 aliphatic rings. The molecule has 0 saturated carbocycles. The number of rotatable bonds is 0. The molecule has 2 N–H and O–H groups in total. The van der Waals surface area contributed by atoms with Crippen LogP contribution in [-0.2, 0) is 0 Å². The van der Waals surface area contributed by atoms with Crippen molar-refractivity contribution in [3.63, 3.8) is 0 Å². The van der Waals surface area contributed by atoms with Crippen molar-refractivity contribution in [3.05, 3.63) is 0 Å². The molecule has 2 fully saturated rings. The highest BCUT2D eigenvalue weighted by atomic mass is 16.3. The third kappa shape index (κ3) is 1.17. The van der Waals surface area contributed by atoms with Crippen molar-refractivity contribution in [2.45, 2.75) is 37.5 Å². The summed E-state index contributed by atoms with van der Waals surface area (Å²) >= 11 is 0. The summed E-state index contributed by atoms with van der Waals surface area (Å²) < 4.78 is 0. The molecule has 2 aliphatic heterocycles. The highest BCUT2D eigenvalue weighted by molar-refractivity contribution is 4.94.